The number of allylic oxidation sites excluding steroid dienone is 3. The number of nitrogens with zero attached hydrogens (tertiary/aromatic N) is 3. The first-order chi connectivity index (χ1) is 18.1. The molecule has 6 nitrogen and oxygen atoms in total. The molecule has 1 aliphatic heterocycles. The van der Waals surface area contributed by atoms with Gasteiger partial charge in [-0.15, -0.1) is 0 Å². The lowest BCUT2D eigenvalue weighted by Crippen LogP contribution is -2.48. The van der Waals surface area contributed by atoms with Crippen molar-refractivity contribution in [2.24, 2.45) is 5.92 Å². The van der Waals surface area contributed by atoms with Gasteiger partial charge in [-0.2, -0.15) is 5.10 Å². The number of aromatic nitrogens is 2. The minimum Gasteiger partial charge on any atom is -0.444 e. The van der Waals surface area contributed by atoms with E-state index in [1.165, 1.54) is 12.1 Å². The second-order valence-corrected chi connectivity index (χ2v) is 10.8. The summed E-state index contributed by atoms with van der Waals surface area (Å²) in [6, 6.07) is 6.47. The zero-order valence-electron chi connectivity index (χ0n) is 23.8. The maximum absolute atomic E-state index is 13.5. The summed E-state index contributed by atoms with van der Waals surface area (Å²) in [5.74, 6) is 0.0202. The molecule has 2 heterocycles. The summed E-state index contributed by atoms with van der Waals surface area (Å²) in [6.07, 6.45) is 11.5. The highest BCUT2D eigenvalue weighted by Gasteiger charge is 2.32. The van der Waals surface area contributed by atoms with Gasteiger partial charge in [-0.1, -0.05) is 32.6 Å². The van der Waals surface area contributed by atoms with Crippen LogP contribution in [0.1, 0.15) is 78.5 Å². The Morgan fingerprint density at radius 2 is 2.00 bits per heavy atom. The Bertz CT molecular complexity index is 1160. The molecule has 0 bridgehead atoms. The molecule has 2 aromatic rings. The van der Waals surface area contributed by atoms with Gasteiger partial charge in [-0.3, -0.25) is 0 Å². The molecule has 7 heteroatoms. The SMILES string of the molecule is C=Cc1c(C(=C\C)/C(=C\CC)NC(CC)C2CCCN(C(=O)OC(C)(C)C)C2)cnn1-c1ccc(F)cc1. The highest BCUT2D eigenvalue weighted by molar-refractivity contribution is 5.82. The van der Waals surface area contributed by atoms with Gasteiger partial charge in [0.2, 0.25) is 0 Å². The van der Waals surface area contributed by atoms with Gasteiger partial charge in [-0.05, 0) is 89.6 Å². The number of carbonyl (C=O) groups excluding carboxylic acids is 1. The predicted molar refractivity (Wildman–Crippen MR) is 153 cm³/mol. The standard InChI is InChI=1S/C31H43FN4O2/c1-8-13-28(34-27(10-3)22-14-12-19-35(21-22)30(37)38-31(5,6)7)25(9-2)26-20-33-36(29(26)11-4)24-17-15-23(32)16-18-24/h9,11,13,15-18,20,22,27,34H,4,8,10,12,14,19,21H2,1-3,5-7H3/b25-9+,28-13+. The quantitative estimate of drug-likeness (QED) is 0.349. The Balaban J connectivity index is 1.86. The summed E-state index contributed by atoms with van der Waals surface area (Å²) in [6.45, 7) is 17.5. The molecule has 1 saturated heterocycles. The molecule has 2 atom stereocenters. The molecule has 0 radical (unpaired) electrons. The van der Waals surface area contributed by atoms with E-state index >= 15 is 0 Å². The highest BCUT2D eigenvalue weighted by atomic mass is 19.1. The van der Waals surface area contributed by atoms with Crippen LogP contribution in [-0.4, -0.2) is 45.5 Å². The minimum atomic E-state index is -0.508. The highest BCUT2D eigenvalue weighted by Crippen LogP contribution is 2.30. The summed E-state index contributed by atoms with van der Waals surface area (Å²) in [4.78, 5) is 14.6. The van der Waals surface area contributed by atoms with E-state index in [0.29, 0.717) is 12.5 Å². The number of benzene rings is 1. The Hall–Kier alpha value is -3.35. The molecule has 1 fully saturated rings. The zero-order chi connectivity index (χ0) is 27.9. The second kappa shape index (κ2) is 12.9. The van der Waals surface area contributed by atoms with Crippen molar-refractivity contribution >= 4 is 17.7 Å². The fourth-order valence-electron chi connectivity index (χ4n) is 5.04. The summed E-state index contributed by atoms with van der Waals surface area (Å²) < 4.78 is 20.9. The minimum absolute atomic E-state index is 0.187. The lowest BCUT2D eigenvalue weighted by molar-refractivity contribution is 0.0146. The van der Waals surface area contributed by atoms with Crippen molar-refractivity contribution in [2.75, 3.05) is 13.1 Å². The van der Waals surface area contributed by atoms with E-state index in [1.54, 1.807) is 22.9 Å². The lowest BCUT2D eigenvalue weighted by Gasteiger charge is -2.38. The molecule has 0 saturated carbocycles. The predicted octanol–water partition coefficient (Wildman–Crippen LogP) is 7.37. The van der Waals surface area contributed by atoms with E-state index in [-0.39, 0.29) is 18.0 Å². The molecule has 1 amide bonds. The van der Waals surface area contributed by atoms with E-state index in [4.69, 9.17) is 4.74 Å². The zero-order valence-corrected chi connectivity index (χ0v) is 23.8. The van der Waals surface area contributed by atoms with Crippen LogP contribution in [-0.2, 0) is 4.74 Å². The molecule has 1 aliphatic rings. The van der Waals surface area contributed by atoms with Crippen molar-refractivity contribution in [1.82, 2.24) is 20.0 Å². The number of likely N-dealkylation sites (tertiary alicyclic amines) is 1. The van der Waals surface area contributed by atoms with Crippen LogP contribution in [0, 0.1) is 11.7 Å². The van der Waals surface area contributed by atoms with E-state index in [1.807, 2.05) is 38.8 Å². The number of rotatable bonds is 9. The molecule has 3 rings (SSSR count). The van der Waals surface area contributed by atoms with Gasteiger partial charge >= 0.3 is 6.09 Å². The average Bonchev–Trinajstić information content (AvgIpc) is 3.30. The lowest BCUT2D eigenvalue weighted by atomic mass is 9.88. The van der Waals surface area contributed by atoms with Crippen molar-refractivity contribution in [3.8, 4) is 5.69 Å². The molecule has 0 aliphatic carbocycles. The number of hydrogen-bond acceptors (Lipinski definition) is 4. The van der Waals surface area contributed by atoms with Crippen LogP contribution in [0.25, 0.3) is 17.3 Å². The van der Waals surface area contributed by atoms with Crippen LogP contribution in [0.15, 0.2) is 54.9 Å². The van der Waals surface area contributed by atoms with Crippen LogP contribution < -0.4 is 5.32 Å². The van der Waals surface area contributed by atoms with Gasteiger partial charge in [0.25, 0.3) is 0 Å². The third kappa shape index (κ3) is 7.15. The Kier molecular flexibility index (Phi) is 9.95. The molecule has 2 unspecified atom stereocenters. The first-order valence-electron chi connectivity index (χ1n) is 13.7. The largest absolute Gasteiger partial charge is 0.444 e. The van der Waals surface area contributed by atoms with Gasteiger partial charge in [0.05, 0.1) is 17.6 Å². The summed E-state index contributed by atoms with van der Waals surface area (Å²) in [7, 11) is 0. The van der Waals surface area contributed by atoms with Crippen molar-refractivity contribution in [2.45, 2.75) is 78.9 Å². The Morgan fingerprint density at radius 1 is 1.29 bits per heavy atom. The molecular formula is C31H43FN4O2. The van der Waals surface area contributed by atoms with Crippen LogP contribution in [0.2, 0.25) is 0 Å². The van der Waals surface area contributed by atoms with Crippen LogP contribution in [0.3, 0.4) is 0 Å². The summed E-state index contributed by atoms with van der Waals surface area (Å²) >= 11 is 0. The number of amides is 1. The monoisotopic (exact) mass is 522 g/mol. The van der Waals surface area contributed by atoms with Crippen molar-refractivity contribution in [3.05, 3.63) is 72.0 Å². The maximum atomic E-state index is 13.5. The molecular weight excluding hydrogens is 479 g/mol. The molecule has 206 valence electrons. The van der Waals surface area contributed by atoms with Crippen LogP contribution >= 0.6 is 0 Å². The number of halogens is 1. The normalized spacial score (nSPS) is 17.8. The van der Waals surface area contributed by atoms with Gasteiger partial charge in [0.1, 0.15) is 11.4 Å². The number of piperidine rings is 1. The smallest absolute Gasteiger partial charge is 0.410 e. The maximum Gasteiger partial charge on any atom is 0.410 e. The van der Waals surface area contributed by atoms with Crippen LogP contribution in [0.4, 0.5) is 9.18 Å². The first-order valence-corrected chi connectivity index (χ1v) is 13.7. The fourth-order valence-corrected chi connectivity index (χ4v) is 5.04. The van der Waals surface area contributed by atoms with Crippen molar-refractivity contribution in [1.29, 1.82) is 0 Å². The van der Waals surface area contributed by atoms with Crippen molar-refractivity contribution < 1.29 is 13.9 Å². The summed E-state index contributed by atoms with van der Waals surface area (Å²) in [5.41, 5.74) is 4.13. The number of carbonyl (C=O) groups is 1. The molecule has 1 aromatic heterocycles. The van der Waals surface area contributed by atoms with Gasteiger partial charge < -0.3 is 15.0 Å². The van der Waals surface area contributed by atoms with Gasteiger partial charge in [0, 0.05) is 36.0 Å². The fraction of sp³-hybridized carbons (Fsp3) is 0.484. The van der Waals surface area contributed by atoms with E-state index in [0.717, 1.165) is 60.4 Å². The van der Waals surface area contributed by atoms with Crippen LogP contribution in [0.5, 0.6) is 0 Å². The van der Waals surface area contributed by atoms with E-state index in [2.05, 4.69) is 43.0 Å². The molecule has 0 spiro atoms. The van der Waals surface area contributed by atoms with Crippen molar-refractivity contribution in [3.63, 3.8) is 0 Å². The van der Waals surface area contributed by atoms with E-state index < -0.39 is 5.60 Å². The first kappa shape index (κ1) is 29.2. The Morgan fingerprint density at radius 3 is 2.58 bits per heavy atom. The number of nitrogens with one attached hydrogen (secondary N) is 1. The number of hydrogen-bond donors (Lipinski definition) is 1. The Labute approximate surface area is 227 Å². The summed E-state index contributed by atoms with van der Waals surface area (Å²) in [5, 5.41) is 8.45. The third-order valence-corrected chi connectivity index (χ3v) is 6.81. The molecule has 1 N–H and O–H groups in total. The molecule has 1 aromatic carbocycles. The third-order valence-electron chi connectivity index (χ3n) is 6.81. The average molecular weight is 523 g/mol. The second-order valence-electron chi connectivity index (χ2n) is 10.8. The van der Waals surface area contributed by atoms with E-state index in [9.17, 15) is 9.18 Å². The molecule has 38 heavy (non-hydrogen) atoms. The van der Waals surface area contributed by atoms with Gasteiger partial charge in [-0.25, -0.2) is 13.9 Å². The number of ether oxygens (including phenoxy) is 1. The van der Waals surface area contributed by atoms with Gasteiger partial charge in [0.15, 0.2) is 0 Å². The topological polar surface area (TPSA) is 59.4 Å².